The van der Waals surface area contributed by atoms with E-state index in [1.54, 1.807) is 30.3 Å². The molecular weight excluding hydrogens is 288 g/mol. The molecule has 0 unspecified atom stereocenters. The highest BCUT2D eigenvalue weighted by Crippen LogP contribution is 2.28. The summed E-state index contributed by atoms with van der Waals surface area (Å²) in [4.78, 5) is 0. The summed E-state index contributed by atoms with van der Waals surface area (Å²) < 4.78 is 11.4. The first-order chi connectivity index (χ1) is 11.1. The first kappa shape index (κ1) is 16.4. The molecule has 2 aromatic carbocycles. The van der Waals surface area contributed by atoms with Crippen molar-refractivity contribution in [3.8, 4) is 29.4 Å². The van der Waals surface area contributed by atoms with E-state index in [4.69, 9.17) is 14.7 Å². The van der Waals surface area contributed by atoms with Crippen molar-refractivity contribution in [3.05, 3.63) is 53.6 Å². The fourth-order valence-corrected chi connectivity index (χ4v) is 1.97. The van der Waals surface area contributed by atoms with Gasteiger partial charge in [-0.3, -0.25) is 0 Å². The van der Waals surface area contributed by atoms with E-state index in [-0.39, 0.29) is 5.56 Å². The Morgan fingerprint density at radius 3 is 2.26 bits per heavy atom. The van der Waals surface area contributed by atoms with Crippen molar-refractivity contribution in [1.82, 2.24) is 0 Å². The van der Waals surface area contributed by atoms with E-state index in [1.807, 2.05) is 24.3 Å². The summed E-state index contributed by atoms with van der Waals surface area (Å²) >= 11 is 0. The van der Waals surface area contributed by atoms with Crippen molar-refractivity contribution >= 4 is 0 Å². The molecule has 2 aromatic rings. The lowest BCUT2D eigenvalue weighted by Crippen LogP contribution is -2.01. The van der Waals surface area contributed by atoms with Crippen LogP contribution in [0.1, 0.15) is 31.4 Å². The van der Waals surface area contributed by atoms with E-state index in [9.17, 15) is 5.26 Å². The fourth-order valence-electron chi connectivity index (χ4n) is 1.97. The van der Waals surface area contributed by atoms with Crippen LogP contribution < -0.4 is 9.47 Å². The summed E-state index contributed by atoms with van der Waals surface area (Å²) in [6.45, 7) is 4.99. The largest absolute Gasteiger partial charge is 0.494 e. The Kier molecular flexibility index (Phi) is 5.61. The molecule has 23 heavy (non-hydrogen) atoms. The van der Waals surface area contributed by atoms with Gasteiger partial charge in [0.05, 0.1) is 12.2 Å². The van der Waals surface area contributed by atoms with Crippen LogP contribution in [0.5, 0.6) is 17.2 Å². The Bertz CT molecular complexity index is 737. The van der Waals surface area contributed by atoms with Crippen LogP contribution in [0.4, 0.5) is 0 Å². The molecule has 4 nitrogen and oxygen atoms in total. The van der Waals surface area contributed by atoms with E-state index in [0.29, 0.717) is 29.6 Å². The van der Waals surface area contributed by atoms with Crippen LogP contribution in [0.2, 0.25) is 0 Å². The molecule has 0 N–H and O–H groups in total. The molecule has 0 fully saturated rings. The van der Waals surface area contributed by atoms with Gasteiger partial charge in [0.25, 0.3) is 0 Å². The number of hydrogen-bond donors (Lipinski definition) is 0. The summed E-state index contributed by atoms with van der Waals surface area (Å²) in [5.41, 5.74) is 0.547. The lowest BCUT2D eigenvalue weighted by molar-refractivity contribution is 0.289. The second-order valence-corrected chi connectivity index (χ2v) is 5.51. The van der Waals surface area contributed by atoms with Gasteiger partial charge in [0.2, 0.25) is 0 Å². The molecule has 0 saturated heterocycles. The van der Waals surface area contributed by atoms with E-state index in [1.165, 1.54) is 0 Å². The maximum absolute atomic E-state index is 9.19. The molecule has 0 aromatic heterocycles. The van der Waals surface area contributed by atoms with E-state index in [2.05, 4.69) is 13.8 Å². The highest BCUT2D eigenvalue weighted by molar-refractivity contribution is 5.55. The Morgan fingerprint density at radius 2 is 1.65 bits per heavy atom. The molecule has 0 aliphatic rings. The maximum atomic E-state index is 9.19. The van der Waals surface area contributed by atoms with Crippen LogP contribution in [0.25, 0.3) is 0 Å². The van der Waals surface area contributed by atoms with Gasteiger partial charge in [-0.25, -0.2) is 0 Å². The molecule has 0 amide bonds. The molecule has 0 spiro atoms. The Labute approximate surface area is 136 Å². The summed E-state index contributed by atoms with van der Waals surface area (Å²) in [5.74, 6) is 2.35. The minimum atomic E-state index is 0.243. The van der Waals surface area contributed by atoms with E-state index in [0.717, 1.165) is 12.2 Å². The smallest absolute Gasteiger partial charge is 0.146 e. The average Bonchev–Trinajstić information content (AvgIpc) is 2.56. The third-order valence-corrected chi connectivity index (χ3v) is 3.27. The standard InChI is InChI=1S/C19H18N2O2/c1-14(2)10-11-22-16-6-8-17(9-7-16)23-19-5-3-4-15(12-20)18(19)13-21/h3-9,14H,10-11H2,1-2H3. The lowest BCUT2D eigenvalue weighted by Gasteiger charge is -2.10. The van der Waals surface area contributed by atoms with Gasteiger partial charge in [0, 0.05) is 0 Å². The van der Waals surface area contributed by atoms with Gasteiger partial charge < -0.3 is 9.47 Å². The quantitative estimate of drug-likeness (QED) is 0.779. The van der Waals surface area contributed by atoms with Crippen molar-refractivity contribution in [3.63, 3.8) is 0 Å². The van der Waals surface area contributed by atoms with Gasteiger partial charge in [0.15, 0.2) is 0 Å². The molecule has 4 heteroatoms. The zero-order chi connectivity index (χ0) is 16.7. The summed E-state index contributed by atoms with van der Waals surface area (Å²) in [5, 5.41) is 18.2. The third-order valence-electron chi connectivity index (χ3n) is 3.27. The van der Waals surface area contributed by atoms with Crippen molar-refractivity contribution in [1.29, 1.82) is 10.5 Å². The van der Waals surface area contributed by atoms with Crippen LogP contribution in [-0.2, 0) is 0 Å². The van der Waals surface area contributed by atoms with Crippen molar-refractivity contribution in [2.24, 2.45) is 5.92 Å². The Balaban J connectivity index is 2.07. The molecule has 0 atom stereocenters. The fraction of sp³-hybridized carbons (Fsp3) is 0.263. The van der Waals surface area contributed by atoms with E-state index >= 15 is 0 Å². The molecule has 2 rings (SSSR count). The highest BCUT2D eigenvalue weighted by Gasteiger charge is 2.09. The normalized spacial score (nSPS) is 9.96. The van der Waals surface area contributed by atoms with Crippen LogP contribution in [-0.4, -0.2) is 6.61 Å². The van der Waals surface area contributed by atoms with Gasteiger partial charge in [-0.15, -0.1) is 0 Å². The maximum Gasteiger partial charge on any atom is 0.146 e. The average molecular weight is 306 g/mol. The molecule has 0 saturated carbocycles. The van der Waals surface area contributed by atoms with Gasteiger partial charge in [0.1, 0.15) is 35.0 Å². The minimum Gasteiger partial charge on any atom is -0.494 e. The number of rotatable bonds is 6. The Hall–Kier alpha value is -2.98. The van der Waals surface area contributed by atoms with Crippen LogP contribution >= 0.6 is 0 Å². The molecule has 116 valence electrons. The summed E-state index contributed by atoms with van der Waals surface area (Å²) in [6.07, 6.45) is 1.00. The zero-order valence-corrected chi connectivity index (χ0v) is 13.2. The molecule has 0 radical (unpaired) electrons. The topological polar surface area (TPSA) is 66.0 Å². The molecule has 0 aliphatic heterocycles. The second kappa shape index (κ2) is 7.87. The molecule has 0 heterocycles. The zero-order valence-electron chi connectivity index (χ0n) is 13.2. The summed E-state index contributed by atoms with van der Waals surface area (Å²) in [6, 6.07) is 16.2. The van der Waals surface area contributed by atoms with Crippen LogP contribution in [0.3, 0.4) is 0 Å². The second-order valence-electron chi connectivity index (χ2n) is 5.51. The highest BCUT2D eigenvalue weighted by atomic mass is 16.5. The van der Waals surface area contributed by atoms with Gasteiger partial charge >= 0.3 is 0 Å². The predicted molar refractivity (Wildman–Crippen MR) is 87.3 cm³/mol. The summed E-state index contributed by atoms with van der Waals surface area (Å²) in [7, 11) is 0. The number of hydrogen-bond acceptors (Lipinski definition) is 4. The van der Waals surface area contributed by atoms with Crippen molar-refractivity contribution < 1.29 is 9.47 Å². The predicted octanol–water partition coefficient (Wildman–Crippen LogP) is 4.65. The third kappa shape index (κ3) is 4.49. The van der Waals surface area contributed by atoms with Crippen molar-refractivity contribution in [2.75, 3.05) is 6.61 Å². The molecule has 0 bridgehead atoms. The van der Waals surface area contributed by atoms with Crippen molar-refractivity contribution in [2.45, 2.75) is 20.3 Å². The number of benzene rings is 2. The number of nitriles is 2. The van der Waals surface area contributed by atoms with Gasteiger partial charge in [-0.1, -0.05) is 19.9 Å². The molecule has 0 aliphatic carbocycles. The first-order valence-electron chi connectivity index (χ1n) is 7.48. The number of ether oxygens (including phenoxy) is 2. The first-order valence-corrected chi connectivity index (χ1v) is 7.48. The lowest BCUT2D eigenvalue weighted by atomic mass is 10.1. The Morgan fingerprint density at radius 1 is 0.957 bits per heavy atom. The van der Waals surface area contributed by atoms with Gasteiger partial charge in [-0.2, -0.15) is 10.5 Å². The van der Waals surface area contributed by atoms with Crippen LogP contribution in [0, 0.1) is 28.6 Å². The van der Waals surface area contributed by atoms with Crippen LogP contribution in [0.15, 0.2) is 42.5 Å². The minimum absolute atomic E-state index is 0.243. The van der Waals surface area contributed by atoms with E-state index < -0.39 is 0 Å². The monoisotopic (exact) mass is 306 g/mol. The molecular formula is C19H18N2O2. The van der Waals surface area contributed by atoms with Gasteiger partial charge in [-0.05, 0) is 48.7 Å². The SMILES string of the molecule is CC(C)CCOc1ccc(Oc2cccc(C#N)c2C#N)cc1. The number of nitrogens with zero attached hydrogens (tertiary/aromatic N) is 2.